The molecule has 0 atom stereocenters. The zero-order valence-electron chi connectivity index (χ0n) is 17.7. The highest BCUT2D eigenvalue weighted by Crippen LogP contribution is 2.30. The highest BCUT2D eigenvalue weighted by Gasteiger charge is 2.21. The van der Waals surface area contributed by atoms with E-state index in [9.17, 15) is 4.79 Å². The topological polar surface area (TPSA) is 97.2 Å². The molecule has 1 aliphatic heterocycles. The van der Waals surface area contributed by atoms with Crippen molar-refractivity contribution in [1.29, 1.82) is 0 Å². The van der Waals surface area contributed by atoms with Gasteiger partial charge in [0.2, 0.25) is 0 Å². The van der Waals surface area contributed by atoms with Crippen molar-refractivity contribution in [2.75, 3.05) is 43.6 Å². The molecule has 2 aromatic carbocycles. The van der Waals surface area contributed by atoms with E-state index in [4.69, 9.17) is 14.7 Å². The predicted octanol–water partition coefficient (Wildman–Crippen LogP) is 3.07. The van der Waals surface area contributed by atoms with Crippen LogP contribution in [0.2, 0.25) is 0 Å². The molecule has 2 amide bonds. The maximum atomic E-state index is 11.6. The summed E-state index contributed by atoms with van der Waals surface area (Å²) in [7, 11) is 1.58. The molecule has 4 aromatic rings. The summed E-state index contributed by atoms with van der Waals surface area (Å²) < 4.78 is 7.37. The zero-order valence-corrected chi connectivity index (χ0v) is 17.7. The molecule has 1 aliphatic rings. The Labute approximate surface area is 185 Å². The number of nitrogens with zero attached hydrogens (tertiary/aromatic N) is 5. The largest absolute Gasteiger partial charge is 0.378 e. The minimum atomic E-state index is -0.267. The summed E-state index contributed by atoms with van der Waals surface area (Å²) >= 11 is 0. The SMILES string of the molecule is CNC(=O)Nc1ccc(-c2nc(N3CCOCC3)c3cnn(-c4ccccc4)c3n2)cc1. The Morgan fingerprint density at radius 2 is 1.75 bits per heavy atom. The first-order chi connectivity index (χ1) is 15.7. The standard InChI is InChI=1S/C23H23N7O2/c1-24-23(31)26-17-9-7-16(8-10-17)20-27-21(29-11-13-32-14-12-29)19-15-25-30(22(19)28-20)18-5-3-2-4-6-18/h2-10,15H,11-14H2,1H3,(H2,24,26,31). The maximum absolute atomic E-state index is 11.6. The third-order valence-electron chi connectivity index (χ3n) is 5.35. The molecule has 0 radical (unpaired) electrons. The molecular formula is C23H23N7O2. The molecule has 0 spiro atoms. The number of rotatable bonds is 4. The van der Waals surface area contributed by atoms with Crippen LogP contribution in [0.1, 0.15) is 0 Å². The van der Waals surface area contributed by atoms with Gasteiger partial charge in [-0.25, -0.2) is 19.4 Å². The number of carbonyl (C=O) groups excluding carboxylic acids is 1. The Morgan fingerprint density at radius 3 is 2.47 bits per heavy atom. The monoisotopic (exact) mass is 429 g/mol. The van der Waals surface area contributed by atoms with Crippen LogP contribution >= 0.6 is 0 Å². The quantitative estimate of drug-likeness (QED) is 0.518. The summed E-state index contributed by atoms with van der Waals surface area (Å²) in [6.07, 6.45) is 1.83. The Bertz CT molecular complexity index is 1230. The summed E-state index contributed by atoms with van der Waals surface area (Å²) in [5.74, 6) is 1.45. The van der Waals surface area contributed by atoms with Crippen LogP contribution in [0.15, 0.2) is 60.8 Å². The van der Waals surface area contributed by atoms with Crippen molar-refractivity contribution in [3.63, 3.8) is 0 Å². The number of morpholine rings is 1. The van der Waals surface area contributed by atoms with Gasteiger partial charge < -0.3 is 20.3 Å². The van der Waals surface area contributed by atoms with Gasteiger partial charge in [-0.2, -0.15) is 5.10 Å². The van der Waals surface area contributed by atoms with Gasteiger partial charge in [-0.15, -0.1) is 0 Å². The van der Waals surface area contributed by atoms with Crippen molar-refractivity contribution in [3.05, 3.63) is 60.8 Å². The van der Waals surface area contributed by atoms with Crippen molar-refractivity contribution in [2.45, 2.75) is 0 Å². The minimum Gasteiger partial charge on any atom is -0.378 e. The molecule has 0 unspecified atom stereocenters. The molecule has 0 bridgehead atoms. The molecule has 0 saturated carbocycles. The van der Waals surface area contributed by atoms with Crippen molar-refractivity contribution in [2.24, 2.45) is 0 Å². The number of carbonyl (C=O) groups is 1. The average Bonchev–Trinajstić information content (AvgIpc) is 3.29. The first kappa shape index (κ1) is 20.0. The molecule has 1 fully saturated rings. The zero-order chi connectivity index (χ0) is 21.9. The van der Waals surface area contributed by atoms with Crippen LogP contribution in [0.25, 0.3) is 28.1 Å². The molecule has 0 aliphatic carbocycles. The highest BCUT2D eigenvalue weighted by molar-refractivity contribution is 5.91. The van der Waals surface area contributed by atoms with Crippen molar-refractivity contribution < 1.29 is 9.53 Å². The second kappa shape index (κ2) is 8.64. The van der Waals surface area contributed by atoms with E-state index in [-0.39, 0.29) is 6.03 Å². The third kappa shape index (κ3) is 3.85. The van der Waals surface area contributed by atoms with Crippen LogP contribution in [-0.4, -0.2) is 59.1 Å². The van der Waals surface area contributed by atoms with E-state index in [0.29, 0.717) is 24.7 Å². The van der Waals surface area contributed by atoms with E-state index in [1.165, 1.54) is 0 Å². The van der Waals surface area contributed by atoms with Gasteiger partial charge in [0.05, 0.1) is 30.5 Å². The van der Waals surface area contributed by atoms with Crippen molar-refractivity contribution >= 4 is 28.6 Å². The van der Waals surface area contributed by atoms with E-state index in [1.807, 2.05) is 65.5 Å². The number of urea groups is 1. The lowest BCUT2D eigenvalue weighted by Gasteiger charge is -2.28. The van der Waals surface area contributed by atoms with Gasteiger partial charge >= 0.3 is 6.03 Å². The van der Waals surface area contributed by atoms with E-state index in [1.54, 1.807) is 7.05 Å². The molecule has 9 heteroatoms. The fourth-order valence-corrected chi connectivity index (χ4v) is 3.69. The van der Waals surface area contributed by atoms with Crippen LogP contribution in [0.3, 0.4) is 0 Å². The Morgan fingerprint density at radius 1 is 1.00 bits per heavy atom. The van der Waals surface area contributed by atoms with Crippen molar-refractivity contribution in [1.82, 2.24) is 25.1 Å². The molecule has 9 nitrogen and oxygen atoms in total. The Balaban J connectivity index is 1.61. The number of hydrogen-bond acceptors (Lipinski definition) is 6. The summed E-state index contributed by atoms with van der Waals surface area (Å²) in [5.41, 5.74) is 3.22. The van der Waals surface area contributed by atoms with E-state index in [0.717, 1.165) is 41.2 Å². The maximum Gasteiger partial charge on any atom is 0.318 e. The number of benzene rings is 2. The Hall–Kier alpha value is -3.98. The molecule has 5 rings (SSSR count). The Kier molecular flexibility index (Phi) is 5.39. The number of hydrogen-bond donors (Lipinski definition) is 2. The summed E-state index contributed by atoms with van der Waals surface area (Å²) in [6, 6.07) is 17.1. The van der Waals surface area contributed by atoms with Gasteiger partial charge in [0.15, 0.2) is 11.5 Å². The molecule has 2 aromatic heterocycles. The fraction of sp³-hybridized carbons (Fsp3) is 0.217. The number of anilines is 2. The highest BCUT2D eigenvalue weighted by atomic mass is 16.5. The summed E-state index contributed by atoms with van der Waals surface area (Å²) in [5, 5.41) is 10.8. The van der Waals surface area contributed by atoms with E-state index < -0.39 is 0 Å². The fourth-order valence-electron chi connectivity index (χ4n) is 3.69. The number of para-hydroxylation sites is 1. The van der Waals surface area contributed by atoms with Crippen LogP contribution < -0.4 is 15.5 Å². The predicted molar refractivity (Wildman–Crippen MR) is 123 cm³/mol. The van der Waals surface area contributed by atoms with Gasteiger partial charge in [0.1, 0.15) is 5.82 Å². The van der Waals surface area contributed by atoms with Gasteiger partial charge in [0.25, 0.3) is 0 Å². The lowest BCUT2D eigenvalue weighted by molar-refractivity contribution is 0.122. The van der Waals surface area contributed by atoms with Crippen molar-refractivity contribution in [3.8, 4) is 17.1 Å². The van der Waals surface area contributed by atoms with Crippen LogP contribution in [0.4, 0.5) is 16.3 Å². The molecule has 32 heavy (non-hydrogen) atoms. The molecule has 2 N–H and O–H groups in total. The normalized spacial score (nSPS) is 13.8. The minimum absolute atomic E-state index is 0.267. The number of ether oxygens (including phenoxy) is 1. The second-order valence-electron chi connectivity index (χ2n) is 7.38. The number of nitrogens with one attached hydrogen (secondary N) is 2. The molecular weight excluding hydrogens is 406 g/mol. The lowest BCUT2D eigenvalue weighted by atomic mass is 10.2. The van der Waals surface area contributed by atoms with Crippen LogP contribution in [0, 0.1) is 0 Å². The first-order valence-electron chi connectivity index (χ1n) is 10.5. The van der Waals surface area contributed by atoms with Gasteiger partial charge in [-0.05, 0) is 36.4 Å². The van der Waals surface area contributed by atoms with E-state index in [2.05, 4.69) is 20.6 Å². The van der Waals surface area contributed by atoms with Gasteiger partial charge in [-0.3, -0.25) is 0 Å². The van der Waals surface area contributed by atoms with Crippen LogP contribution in [-0.2, 0) is 4.74 Å². The third-order valence-corrected chi connectivity index (χ3v) is 5.35. The number of aromatic nitrogens is 4. The number of fused-ring (bicyclic) bond motifs is 1. The summed E-state index contributed by atoms with van der Waals surface area (Å²) in [6.45, 7) is 2.84. The smallest absolute Gasteiger partial charge is 0.318 e. The van der Waals surface area contributed by atoms with E-state index >= 15 is 0 Å². The molecule has 3 heterocycles. The second-order valence-corrected chi connectivity index (χ2v) is 7.38. The lowest BCUT2D eigenvalue weighted by Crippen LogP contribution is -2.37. The summed E-state index contributed by atoms with van der Waals surface area (Å²) in [4.78, 5) is 23.6. The van der Waals surface area contributed by atoms with Gasteiger partial charge in [0, 0.05) is 31.4 Å². The molecule has 162 valence electrons. The average molecular weight is 429 g/mol. The van der Waals surface area contributed by atoms with Crippen LogP contribution in [0.5, 0.6) is 0 Å². The first-order valence-corrected chi connectivity index (χ1v) is 10.5. The van der Waals surface area contributed by atoms with Gasteiger partial charge in [-0.1, -0.05) is 18.2 Å². The number of amides is 2. The molecule has 1 saturated heterocycles.